The molecule has 0 aliphatic rings. The summed E-state index contributed by atoms with van der Waals surface area (Å²) in [7, 11) is -4.70. The van der Waals surface area contributed by atoms with Gasteiger partial charge in [-0.1, -0.05) is 12.1 Å². The quantitative estimate of drug-likeness (QED) is 0.513. The van der Waals surface area contributed by atoms with Gasteiger partial charge in [0.2, 0.25) is 0 Å². The van der Waals surface area contributed by atoms with Crippen molar-refractivity contribution in [1.82, 2.24) is 0 Å². The summed E-state index contributed by atoms with van der Waals surface area (Å²) in [5.41, 5.74) is -0.134. The van der Waals surface area contributed by atoms with Crippen LogP contribution < -0.4 is 0 Å². The summed E-state index contributed by atoms with van der Waals surface area (Å²) in [5, 5.41) is 0. The number of esters is 1. The molecule has 0 saturated carbocycles. The molecule has 0 saturated heterocycles. The number of halogens is 1. The molecule has 0 atom stereocenters. The molecular weight excluding hydrogens is 263 g/mol. The van der Waals surface area contributed by atoms with Crippen molar-refractivity contribution in [1.29, 1.82) is 0 Å². The highest BCUT2D eigenvalue weighted by Gasteiger charge is 2.19. The van der Waals surface area contributed by atoms with E-state index in [1.54, 1.807) is 6.92 Å². The lowest BCUT2D eigenvalue weighted by atomic mass is 10.2. The van der Waals surface area contributed by atoms with E-state index in [1.165, 1.54) is 12.1 Å². The van der Waals surface area contributed by atoms with Gasteiger partial charge in [0, 0.05) is 6.08 Å². The van der Waals surface area contributed by atoms with Crippen molar-refractivity contribution < 1.29 is 26.9 Å². The van der Waals surface area contributed by atoms with Gasteiger partial charge in [-0.2, -0.15) is 8.42 Å². The smallest absolute Gasteiger partial charge is 0.330 e. The molecule has 0 aromatic heterocycles. The first-order valence-electron chi connectivity index (χ1n) is 4.97. The maximum Gasteiger partial charge on any atom is 0.330 e. The second kappa shape index (κ2) is 5.74. The molecule has 7 heteroatoms. The van der Waals surface area contributed by atoms with Gasteiger partial charge in [-0.05, 0) is 24.6 Å². The van der Waals surface area contributed by atoms with Crippen LogP contribution >= 0.6 is 0 Å². The third-order valence-corrected chi connectivity index (χ3v) is 2.89. The Bertz CT molecular complexity index is 577. The van der Waals surface area contributed by atoms with Gasteiger partial charge in [0.05, 0.1) is 6.61 Å². The van der Waals surface area contributed by atoms with Crippen LogP contribution in [-0.4, -0.2) is 25.5 Å². The highest BCUT2D eigenvalue weighted by atomic mass is 32.2. The zero-order chi connectivity index (χ0) is 13.8. The van der Waals surface area contributed by atoms with Crippen molar-refractivity contribution in [3.05, 3.63) is 35.7 Å². The topological polar surface area (TPSA) is 80.7 Å². The van der Waals surface area contributed by atoms with E-state index >= 15 is 0 Å². The molecule has 0 aliphatic heterocycles. The Hall–Kier alpha value is -1.73. The van der Waals surface area contributed by atoms with Crippen LogP contribution in [0.5, 0.6) is 0 Å². The SMILES string of the molecule is CCOC(=O)/C=C/c1cccc(F)c1S(=O)(=O)O. The van der Waals surface area contributed by atoms with Crippen LogP contribution in [0.2, 0.25) is 0 Å². The summed E-state index contributed by atoms with van der Waals surface area (Å²) in [6.07, 6.45) is 2.01. The Morgan fingerprint density at radius 1 is 1.50 bits per heavy atom. The van der Waals surface area contributed by atoms with E-state index in [4.69, 9.17) is 4.55 Å². The Labute approximate surface area is 104 Å². The molecule has 0 aliphatic carbocycles. The van der Waals surface area contributed by atoms with Gasteiger partial charge in [0.1, 0.15) is 10.7 Å². The Morgan fingerprint density at radius 3 is 2.72 bits per heavy atom. The molecule has 0 radical (unpaired) electrons. The molecule has 1 N–H and O–H groups in total. The lowest BCUT2D eigenvalue weighted by molar-refractivity contribution is -0.137. The minimum atomic E-state index is -4.70. The van der Waals surface area contributed by atoms with Crippen molar-refractivity contribution in [2.75, 3.05) is 6.61 Å². The number of ether oxygens (including phenoxy) is 1. The first kappa shape index (κ1) is 14.3. The molecule has 5 nitrogen and oxygen atoms in total. The fourth-order valence-electron chi connectivity index (χ4n) is 1.28. The molecule has 1 aromatic carbocycles. The zero-order valence-corrected chi connectivity index (χ0v) is 10.3. The molecule has 18 heavy (non-hydrogen) atoms. The molecule has 0 spiro atoms. The molecule has 98 valence electrons. The van der Waals surface area contributed by atoms with Gasteiger partial charge in [0.15, 0.2) is 0 Å². The summed E-state index contributed by atoms with van der Waals surface area (Å²) in [4.78, 5) is 10.2. The first-order valence-corrected chi connectivity index (χ1v) is 6.41. The molecule has 0 unspecified atom stereocenters. The normalized spacial score (nSPS) is 11.7. The predicted molar refractivity (Wildman–Crippen MR) is 61.9 cm³/mol. The minimum absolute atomic E-state index is 0.134. The number of benzene rings is 1. The first-order chi connectivity index (χ1) is 8.36. The summed E-state index contributed by atoms with van der Waals surface area (Å²) in [5.74, 6) is -1.79. The number of hydrogen-bond acceptors (Lipinski definition) is 4. The maximum absolute atomic E-state index is 13.3. The van der Waals surface area contributed by atoms with Crippen molar-refractivity contribution in [3.63, 3.8) is 0 Å². The maximum atomic E-state index is 13.3. The van der Waals surface area contributed by atoms with Crippen LogP contribution in [-0.2, 0) is 19.6 Å². The molecule has 1 aromatic rings. The van der Waals surface area contributed by atoms with Gasteiger partial charge >= 0.3 is 5.97 Å². The Kier molecular flexibility index (Phi) is 4.57. The lowest BCUT2D eigenvalue weighted by Gasteiger charge is -2.03. The number of hydrogen-bond donors (Lipinski definition) is 1. The van der Waals surface area contributed by atoms with Gasteiger partial charge in [0.25, 0.3) is 10.1 Å². The summed E-state index contributed by atoms with van der Waals surface area (Å²) >= 11 is 0. The van der Waals surface area contributed by atoms with Crippen LogP contribution in [0.15, 0.2) is 29.2 Å². The van der Waals surface area contributed by atoms with Crippen LogP contribution in [0.3, 0.4) is 0 Å². The molecule has 0 amide bonds. The van der Waals surface area contributed by atoms with Gasteiger partial charge in [-0.25, -0.2) is 9.18 Å². The summed E-state index contributed by atoms with van der Waals surface area (Å²) in [6, 6.07) is 3.40. The van der Waals surface area contributed by atoms with Crippen molar-refractivity contribution in [3.8, 4) is 0 Å². The largest absolute Gasteiger partial charge is 0.463 e. The second-order valence-electron chi connectivity index (χ2n) is 3.22. The molecule has 0 bridgehead atoms. The number of rotatable bonds is 4. The van der Waals surface area contributed by atoms with E-state index < -0.39 is 26.8 Å². The average Bonchev–Trinajstić information content (AvgIpc) is 2.25. The summed E-state index contributed by atoms with van der Waals surface area (Å²) < 4.78 is 48.8. The van der Waals surface area contributed by atoms with E-state index in [-0.39, 0.29) is 12.2 Å². The molecule has 0 heterocycles. The van der Waals surface area contributed by atoms with Crippen LogP contribution in [0.4, 0.5) is 4.39 Å². The van der Waals surface area contributed by atoms with Gasteiger partial charge < -0.3 is 4.74 Å². The zero-order valence-electron chi connectivity index (χ0n) is 9.46. The number of carbonyl (C=O) groups excluding carboxylic acids is 1. The highest BCUT2D eigenvalue weighted by molar-refractivity contribution is 7.86. The summed E-state index contributed by atoms with van der Waals surface area (Å²) in [6.45, 7) is 1.77. The van der Waals surface area contributed by atoms with E-state index in [0.717, 1.165) is 18.2 Å². The van der Waals surface area contributed by atoms with Gasteiger partial charge in [-0.3, -0.25) is 4.55 Å². The van der Waals surface area contributed by atoms with E-state index in [1.807, 2.05) is 0 Å². The number of carbonyl (C=O) groups is 1. The van der Waals surface area contributed by atoms with Crippen LogP contribution in [0.1, 0.15) is 12.5 Å². The van der Waals surface area contributed by atoms with Crippen LogP contribution in [0.25, 0.3) is 6.08 Å². The van der Waals surface area contributed by atoms with Crippen molar-refractivity contribution >= 4 is 22.2 Å². The average molecular weight is 274 g/mol. The molecular formula is C11H11FO5S. The minimum Gasteiger partial charge on any atom is -0.463 e. The van der Waals surface area contributed by atoms with Crippen LogP contribution in [0, 0.1) is 5.82 Å². The Balaban J connectivity index is 3.19. The Morgan fingerprint density at radius 2 is 2.17 bits per heavy atom. The standard InChI is InChI=1S/C11H11FO5S/c1-2-17-10(13)7-6-8-4-3-5-9(12)11(8)18(14,15)16/h3-7H,2H2,1H3,(H,14,15,16)/b7-6+. The van der Waals surface area contributed by atoms with E-state index in [9.17, 15) is 17.6 Å². The molecule has 1 rings (SSSR count). The third kappa shape index (κ3) is 3.64. The fraction of sp³-hybridized carbons (Fsp3) is 0.182. The second-order valence-corrected chi connectivity index (χ2v) is 4.58. The van der Waals surface area contributed by atoms with E-state index in [0.29, 0.717) is 0 Å². The van der Waals surface area contributed by atoms with Crippen molar-refractivity contribution in [2.24, 2.45) is 0 Å². The third-order valence-electron chi connectivity index (χ3n) is 1.94. The predicted octanol–water partition coefficient (Wildman–Crippen LogP) is 1.65. The highest BCUT2D eigenvalue weighted by Crippen LogP contribution is 2.20. The monoisotopic (exact) mass is 274 g/mol. The lowest BCUT2D eigenvalue weighted by Crippen LogP contribution is -2.05. The molecule has 0 fully saturated rings. The van der Waals surface area contributed by atoms with E-state index in [2.05, 4.69) is 4.74 Å². The van der Waals surface area contributed by atoms with Gasteiger partial charge in [-0.15, -0.1) is 0 Å². The fourth-order valence-corrected chi connectivity index (χ4v) is 2.03. The van der Waals surface area contributed by atoms with Crippen molar-refractivity contribution in [2.45, 2.75) is 11.8 Å².